The third kappa shape index (κ3) is 3.74. The monoisotopic (exact) mass is 312 g/mol. The summed E-state index contributed by atoms with van der Waals surface area (Å²) in [6, 6.07) is 5.54. The van der Waals surface area contributed by atoms with E-state index in [2.05, 4.69) is 25.2 Å². The Morgan fingerprint density at radius 2 is 1.78 bits per heavy atom. The quantitative estimate of drug-likeness (QED) is 0.916. The molecule has 0 unspecified atom stereocenters. The van der Waals surface area contributed by atoms with Gasteiger partial charge < -0.3 is 9.80 Å². The number of pyridine rings is 1. The molecule has 0 saturated carbocycles. The summed E-state index contributed by atoms with van der Waals surface area (Å²) in [5.74, 6) is 1.31. The van der Waals surface area contributed by atoms with Crippen molar-refractivity contribution in [2.45, 2.75) is 13.8 Å². The van der Waals surface area contributed by atoms with E-state index in [0.29, 0.717) is 24.9 Å². The van der Waals surface area contributed by atoms with Crippen molar-refractivity contribution in [3.8, 4) is 0 Å². The third-order valence-electron chi connectivity index (χ3n) is 3.73. The molecular weight excluding hydrogens is 292 g/mol. The Labute approximate surface area is 135 Å². The summed E-state index contributed by atoms with van der Waals surface area (Å²) in [4.78, 5) is 29.1. The van der Waals surface area contributed by atoms with Crippen LogP contribution in [0.25, 0.3) is 0 Å². The van der Waals surface area contributed by atoms with Gasteiger partial charge in [0.05, 0.1) is 0 Å². The summed E-state index contributed by atoms with van der Waals surface area (Å²) in [7, 11) is 0. The smallest absolute Gasteiger partial charge is 0.323 e. The van der Waals surface area contributed by atoms with E-state index in [1.54, 1.807) is 23.4 Å². The SMILES string of the molecule is Cc1cc(C)nc(NC(=O)N2CCN(c3ncccn3)CC2)c1. The van der Waals surface area contributed by atoms with Gasteiger partial charge in [0.25, 0.3) is 0 Å². The second kappa shape index (κ2) is 6.60. The van der Waals surface area contributed by atoms with Gasteiger partial charge in [-0.15, -0.1) is 0 Å². The molecule has 7 heteroatoms. The van der Waals surface area contributed by atoms with Crippen LogP contribution in [0.3, 0.4) is 0 Å². The molecule has 0 radical (unpaired) electrons. The fourth-order valence-electron chi connectivity index (χ4n) is 2.66. The zero-order valence-electron chi connectivity index (χ0n) is 13.4. The van der Waals surface area contributed by atoms with Crippen molar-refractivity contribution < 1.29 is 4.79 Å². The molecule has 23 heavy (non-hydrogen) atoms. The number of anilines is 2. The molecule has 0 bridgehead atoms. The number of hydrogen-bond donors (Lipinski definition) is 1. The van der Waals surface area contributed by atoms with Gasteiger partial charge in [0.1, 0.15) is 5.82 Å². The van der Waals surface area contributed by atoms with Crippen molar-refractivity contribution in [1.29, 1.82) is 0 Å². The van der Waals surface area contributed by atoms with Crippen molar-refractivity contribution in [3.05, 3.63) is 41.9 Å². The fraction of sp³-hybridized carbons (Fsp3) is 0.375. The highest BCUT2D eigenvalue weighted by Crippen LogP contribution is 2.13. The Hall–Kier alpha value is -2.70. The Kier molecular flexibility index (Phi) is 4.36. The van der Waals surface area contributed by atoms with Gasteiger partial charge in [-0.3, -0.25) is 5.32 Å². The molecule has 3 heterocycles. The van der Waals surface area contributed by atoms with Gasteiger partial charge in [0, 0.05) is 44.3 Å². The average molecular weight is 312 g/mol. The average Bonchev–Trinajstić information content (AvgIpc) is 2.55. The van der Waals surface area contributed by atoms with Crippen LogP contribution in [0.4, 0.5) is 16.6 Å². The van der Waals surface area contributed by atoms with Crippen LogP contribution < -0.4 is 10.2 Å². The molecule has 0 atom stereocenters. The number of rotatable bonds is 2. The lowest BCUT2D eigenvalue weighted by Gasteiger charge is -2.34. The molecule has 0 aromatic carbocycles. The summed E-state index contributed by atoms with van der Waals surface area (Å²) < 4.78 is 0. The fourth-order valence-corrected chi connectivity index (χ4v) is 2.66. The van der Waals surface area contributed by atoms with Crippen molar-refractivity contribution in [2.24, 2.45) is 0 Å². The molecule has 1 fully saturated rings. The highest BCUT2D eigenvalue weighted by atomic mass is 16.2. The predicted molar refractivity (Wildman–Crippen MR) is 88.5 cm³/mol. The van der Waals surface area contributed by atoms with E-state index in [1.165, 1.54) is 0 Å². The maximum absolute atomic E-state index is 12.4. The van der Waals surface area contributed by atoms with Crippen LogP contribution in [-0.2, 0) is 0 Å². The molecule has 3 rings (SSSR count). The van der Waals surface area contributed by atoms with E-state index in [0.717, 1.165) is 24.3 Å². The lowest BCUT2D eigenvalue weighted by molar-refractivity contribution is 0.208. The van der Waals surface area contributed by atoms with Crippen molar-refractivity contribution >= 4 is 17.8 Å². The van der Waals surface area contributed by atoms with Crippen LogP contribution >= 0.6 is 0 Å². The van der Waals surface area contributed by atoms with Crippen molar-refractivity contribution in [3.63, 3.8) is 0 Å². The predicted octanol–water partition coefficient (Wildman–Crippen LogP) is 1.84. The van der Waals surface area contributed by atoms with Gasteiger partial charge in [-0.05, 0) is 37.6 Å². The molecule has 2 aromatic rings. The summed E-state index contributed by atoms with van der Waals surface area (Å²) >= 11 is 0. The second-order valence-corrected chi connectivity index (χ2v) is 5.62. The van der Waals surface area contributed by atoms with E-state index in [9.17, 15) is 4.79 Å². The van der Waals surface area contributed by atoms with Gasteiger partial charge in [-0.25, -0.2) is 19.7 Å². The maximum atomic E-state index is 12.4. The first-order chi connectivity index (χ1) is 11.1. The van der Waals surface area contributed by atoms with Gasteiger partial charge in [0.2, 0.25) is 5.95 Å². The number of urea groups is 1. The van der Waals surface area contributed by atoms with E-state index in [1.807, 2.05) is 26.0 Å². The standard InChI is InChI=1S/C16H20N6O/c1-12-10-13(2)19-14(11-12)20-16(23)22-8-6-21(7-9-22)15-17-4-3-5-18-15/h3-5,10-11H,6-9H2,1-2H3,(H,19,20,23). The Morgan fingerprint density at radius 1 is 1.09 bits per heavy atom. The maximum Gasteiger partial charge on any atom is 0.323 e. The number of amides is 2. The topological polar surface area (TPSA) is 74.2 Å². The number of hydrogen-bond acceptors (Lipinski definition) is 5. The number of aryl methyl sites for hydroxylation is 2. The first kappa shape index (κ1) is 15.2. The minimum Gasteiger partial charge on any atom is -0.337 e. The Bertz CT molecular complexity index is 662. The van der Waals surface area contributed by atoms with Crippen LogP contribution in [0.2, 0.25) is 0 Å². The Morgan fingerprint density at radius 3 is 2.43 bits per heavy atom. The molecule has 120 valence electrons. The molecule has 2 aromatic heterocycles. The highest BCUT2D eigenvalue weighted by Gasteiger charge is 2.22. The third-order valence-corrected chi connectivity index (χ3v) is 3.73. The number of aromatic nitrogens is 3. The number of carbonyl (C=O) groups is 1. The summed E-state index contributed by atoms with van der Waals surface area (Å²) in [6.07, 6.45) is 3.46. The molecule has 2 amide bonds. The molecule has 1 aliphatic heterocycles. The van der Waals surface area contributed by atoms with E-state index < -0.39 is 0 Å². The summed E-state index contributed by atoms with van der Waals surface area (Å²) in [5.41, 5.74) is 1.98. The molecule has 0 spiro atoms. The van der Waals surface area contributed by atoms with Gasteiger partial charge in [0.15, 0.2) is 0 Å². The van der Waals surface area contributed by atoms with Crippen LogP contribution in [-0.4, -0.2) is 52.1 Å². The van der Waals surface area contributed by atoms with Gasteiger partial charge in [-0.1, -0.05) is 0 Å². The molecule has 1 aliphatic rings. The normalized spacial score (nSPS) is 14.7. The minimum absolute atomic E-state index is 0.115. The van der Waals surface area contributed by atoms with Gasteiger partial charge in [-0.2, -0.15) is 0 Å². The second-order valence-electron chi connectivity index (χ2n) is 5.62. The van der Waals surface area contributed by atoms with Gasteiger partial charge >= 0.3 is 6.03 Å². The zero-order chi connectivity index (χ0) is 16.2. The summed E-state index contributed by atoms with van der Waals surface area (Å²) in [5, 5.41) is 2.87. The molecule has 1 N–H and O–H groups in total. The lowest BCUT2D eigenvalue weighted by Crippen LogP contribution is -2.50. The van der Waals surface area contributed by atoms with Crippen LogP contribution in [0.5, 0.6) is 0 Å². The summed E-state index contributed by atoms with van der Waals surface area (Å²) in [6.45, 7) is 6.61. The largest absolute Gasteiger partial charge is 0.337 e. The minimum atomic E-state index is -0.115. The van der Waals surface area contributed by atoms with Crippen LogP contribution in [0.1, 0.15) is 11.3 Å². The molecule has 1 saturated heterocycles. The van der Waals surface area contributed by atoms with Crippen LogP contribution in [0, 0.1) is 13.8 Å². The molecule has 7 nitrogen and oxygen atoms in total. The molecular formula is C16H20N6O. The van der Waals surface area contributed by atoms with Crippen LogP contribution in [0.15, 0.2) is 30.6 Å². The van der Waals surface area contributed by atoms with Crippen molar-refractivity contribution in [1.82, 2.24) is 19.9 Å². The van der Waals surface area contributed by atoms with E-state index in [-0.39, 0.29) is 6.03 Å². The molecule has 0 aliphatic carbocycles. The first-order valence-corrected chi connectivity index (χ1v) is 7.65. The van der Waals surface area contributed by atoms with Crippen molar-refractivity contribution in [2.75, 3.05) is 36.4 Å². The Balaban J connectivity index is 1.58. The number of piperazine rings is 1. The number of nitrogens with one attached hydrogen (secondary N) is 1. The first-order valence-electron chi connectivity index (χ1n) is 7.65. The van der Waals surface area contributed by atoms with E-state index in [4.69, 9.17) is 0 Å². The number of carbonyl (C=O) groups excluding carboxylic acids is 1. The lowest BCUT2D eigenvalue weighted by atomic mass is 10.2. The number of nitrogens with zero attached hydrogens (tertiary/aromatic N) is 5. The zero-order valence-corrected chi connectivity index (χ0v) is 13.4. The van der Waals surface area contributed by atoms with E-state index >= 15 is 0 Å². The highest BCUT2D eigenvalue weighted by molar-refractivity contribution is 5.88.